The molecule has 2 N–H and O–H groups in total. The maximum Gasteiger partial charge on any atom is 0.407 e. The number of carboxylic acid groups (broad SMARTS) is 1. The summed E-state index contributed by atoms with van der Waals surface area (Å²) in [5.74, 6) is -3.39. The summed E-state index contributed by atoms with van der Waals surface area (Å²) in [6.07, 6.45) is 3.03. The van der Waals surface area contributed by atoms with Crippen molar-refractivity contribution < 1.29 is 31.9 Å². The van der Waals surface area contributed by atoms with E-state index in [0.29, 0.717) is 32.1 Å². The molecule has 1 saturated heterocycles. The SMILES string of the molecule is CCN(C)S(=O)(=O)Nc1ccc(F)c(C(=O)c2ccc3ncn(-c4cnc(N5CCN(C(=O)O)CC5)nc4)c(=O)c3c2)c1F. The van der Waals surface area contributed by atoms with Crippen LogP contribution in [-0.2, 0) is 10.2 Å². The molecule has 1 aliphatic heterocycles. The second kappa shape index (κ2) is 11.9. The van der Waals surface area contributed by atoms with Gasteiger partial charge in [-0.05, 0) is 30.3 Å². The van der Waals surface area contributed by atoms with Crippen molar-refractivity contribution in [2.75, 3.05) is 49.4 Å². The van der Waals surface area contributed by atoms with E-state index in [2.05, 4.69) is 15.0 Å². The second-order valence-corrected chi connectivity index (χ2v) is 11.6. The molecule has 0 radical (unpaired) electrons. The van der Waals surface area contributed by atoms with Crippen LogP contribution in [0.4, 0.5) is 25.2 Å². The number of carbonyl (C=O) groups excluding carboxylic acids is 1. The standard InChI is InChI=1S/C27H26F2N8O6S/c1-3-34(2)44(42,43)33-21-7-5-19(28)22(23(21)29)24(38)16-4-6-20-18(12-16)25(39)37(15-32-20)17-13-30-26(31-14-17)35-8-10-36(11-9-35)27(40)41/h4-7,12-15,33H,3,8-11H2,1-2H3,(H,40,41). The van der Waals surface area contributed by atoms with Crippen molar-refractivity contribution in [1.82, 2.24) is 28.7 Å². The van der Waals surface area contributed by atoms with E-state index in [1.807, 2.05) is 9.62 Å². The lowest BCUT2D eigenvalue weighted by atomic mass is 10.00. The van der Waals surface area contributed by atoms with Crippen molar-refractivity contribution >= 4 is 44.6 Å². The van der Waals surface area contributed by atoms with Crippen molar-refractivity contribution in [1.29, 1.82) is 0 Å². The van der Waals surface area contributed by atoms with E-state index >= 15 is 4.39 Å². The van der Waals surface area contributed by atoms with Gasteiger partial charge in [-0.1, -0.05) is 6.92 Å². The zero-order valence-electron chi connectivity index (χ0n) is 23.4. The molecule has 2 aromatic heterocycles. The molecule has 1 aliphatic rings. The highest BCUT2D eigenvalue weighted by molar-refractivity contribution is 7.90. The summed E-state index contributed by atoms with van der Waals surface area (Å²) in [5.41, 5.74) is -2.00. The molecule has 0 unspecified atom stereocenters. The minimum atomic E-state index is -4.16. The quantitative estimate of drug-likeness (QED) is 0.275. The van der Waals surface area contributed by atoms with Gasteiger partial charge >= 0.3 is 16.3 Å². The zero-order chi connectivity index (χ0) is 31.8. The number of aromatic nitrogens is 4. The molecule has 17 heteroatoms. The van der Waals surface area contributed by atoms with Gasteiger partial charge in [0.1, 0.15) is 12.1 Å². The Kier molecular flexibility index (Phi) is 8.25. The number of ketones is 1. The molecule has 5 rings (SSSR count). The fourth-order valence-corrected chi connectivity index (χ4v) is 5.45. The van der Waals surface area contributed by atoms with Gasteiger partial charge in [-0.25, -0.2) is 28.5 Å². The first-order chi connectivity index (χ1) is 20.9. The number of carbonyl (C=O) groups is 2. The van der Waals surface area contributed by atoms with Gasteiger partial charge in [-0.2, -0.15) is 12.7 Å². The highest BCUT2D eigenvalue weighted by Gasteiger charge is 2.26. The summed E-state index contributed by atoms with van der Waals surface area (Å²) >= 11 is 0. The van der Waals surface area contributed by atoms with Crippen LogP contribution in [0, 0.1) is 11.6 Å². The molecule has 14 nitrogen and oxygen atoms in total. The molecular formula is C27H26F2N8O6S. The van der Waals surface area contributed by atoms with Crippen LogP contribution in [0.2, 0.25) is 0 Å². The summed E-state index contributed by atoms with van der Waals surface area (Å²) in [7, 11) is -2.90. The summed E-state index contributed by atoms with van der Waals surface area (Å²) in [6, 6.07) is 5.40. The van der Waals surface area contributed by atoms with Crippen molar-refractivity contribution in [3.63, 3.8) is 0 Å². The monoisotopic (exact) mass is 628 g/mol. The molecule has 3 heterocycles. The third kappa shape index (κ3) is 5.78. The summed E-state index contributed by atoms with van der Waals surface area (Å²) in [5, 5.41) is 9.09. The molecule has 1 fully saturated rings. The molecule has 4 aromatic rings. The second-order valence-electron chi connectivity index (χ2n) is 9.78. The van der Waals surface area contributed by atoms with E-state index in [1.165, 1.54) is 42.8 Å². The number of halogens is 2. The van der Waals surface area contributed by atoms with Crippen molar-refractivity contribution in [2.45, 2.75) is 6.92 Å². The Hall–Kier alpha value is -5.03. The van der Waals surface area contributed by atoms with Gasteiger partial charge in [-0.3, -0.25) is 18.9 Å². The van der Waals surface area contributed by atoms with Crippen LogP contribution in [0.1, 0.15) is 22.8 Å². The fraction of sp³-hybridized carbons (Fsp3) is 0.259. The van der Waals surface area contributed by atoms with Gasteiger partial charge in [0.2, 0.25) is 5.95 Å². The van der Waals surface area contributed by atoms with Gasteiger partial charge < -0.3 is 14.9 Å². The average molecular weight is 629 g/mol. The summed E-state index contributed by atoms with van der Waals surface area (Å²) in [6.45, 7) is 3.01. The van der Waals surface area contributed by atoms with Crippen LogP contribution < -0.4 is 15.2 Å². The Labute approximate surface area is 249 Å². The first-order valence-corrected chi connectivity index (χ1v) is 14.7. The van der Waals surface area contributed by atoms with E-state index in [9.17, 15) is 27.2 Å². The number of benzene rings is 2. The van der Waals surface area contributed by atoms with E-state index < -0.39 is 50.5 Å². The molecule has 0 spiro atoms. The van der Waals surface area contributed by atoms with Crippen LogP contribution in [-0.4, -0.2) is 93.9 Å². The summed E-state index contributed by atoms with van der Waals surface area (Å²) < 4.78 is 58.9. The van der Waals surface area contributed by atoms with Crippen LogP contribution in [0.15, 0.2) is 53.8 Å². The minimum Gasteiger partial charge on any atom is -0.465 e. The number of rotatable bonds is 8. The molecule has 1 amide bonds. The van der Waals surface area contributed by atoms with Crippen LogP contribution in [0.5, 0.6) is 0 Å². The number of hydrogen-bond donors (Lipinski definition) is 2. The first kappa shape index (κ1) is 30.4. The fourth-order valence-electron chi connectivity index (χ4n) is 4.52. The number of fused-ring (bicyclic) bond motifs is 1. The predicted octanol–water partition coefficient (Wildman–Crippen LogP) is 2.09. The molecule has 230 valence electrons. The topological polar surface area (TPSA) is 171 Å². The van der Waals surface area contributed by atoms with Gasteiger partial charge in [0.05, 0.1) is 40.2 Å². The number of piperazine rings is 1. The molecule has 0 saturated carbocycles. The van der Waals surface area contributed by atoms with E-state index in [-0.39, 0.29) is 28.7 Å². The van der Waals surface area contributed by atoms with Gasteiger partial charge in [0.15, 0.2) is 11.6 Å². The normalized spacial score (nSPS) is 13.8. The minimum absolute atomic E-state index is 0.0329. The van der Waals surface area contributed by atoms with E-state index in [4.69, 9.17) is 5.11 Å². The molecule has 2 aromatic carbocycles. The van der Waals surface area contributed by atoms with E-state index in [0.717, 1.165) is 27.1 Å². The third-order valence-corrected chi connectivity index (χ3v) is 8.73. The molecule has 0 bridgehead atoms. The maximum absolute atomic E-state index is 15.3. The Bertz CT molecular complexity index is 1930. The number of nitrogens with zero attached hydrogens (tertiary/aromatic N) is 7. The number of amides is 1. The maximum atomic E-state index is 15.3. The van der Waals surface area contributed by atoms with E-state index in [1.54, 1.807) is 6.92 Å². The Morgan fingerprint density at radius 3 is 2.36 bits per heavy atom. The van der Waals surface area contributed by atoms with Gasteiger partial charge in [-0.15, -0.1) is 0 Å². The van der Waals surface area contributed by atoms with Crippen LogP contribution in [0.25, 0.3) is 16.6 Å². The Morgan fingerprint density at radius 1 is 1.05 bits per heavy atom. The average Bonchev–Trinajstić information content (AvgIpc) is 3.02. The lowest BCUT2D eigenvalue weighted by Gasteiger charge is -2.33. The van der Waals surface area contributed by atoms with Crippen molar-refractivity contribution in [3.8, 4) is 5.69 Å². The number of hydrogen-bond acceptors (Lipinski definition) is 9. The number of nitrogens with one attached hydrogen (secondary N) is 1. The van der Waals surface area contributed by atoms with Crippen molar-refractivity contribution in [2.24, 2.45) is 0 Å². The van der Waals surface area contributed by atoms with Gasteiger partial charge in [0, 0.05) is 45.3 Å². The lowest BCUT2D eigenvalue weighted by molar-refractivity contribution is 0.103. The zero-order valence-corrected chi connectivity index (χ0v) is 24.3. The molecule has 44 heavy (non-hydrogen) atoms. The van der Waals surface area contributed by atoms with Crippen LogP contribution >= 0.6 is 0 Å². The Balaban J connectivity index is 1.44. The molecule has 0 aliphatic carbocycles. The third-order valence-electron chi connectivity index (χ3n) is 7.17. The highest BCUT2D eigenvalue weighted by atomic mass is 32.2. The smallest absolute Gasteiger partial charge is 0.407 e. The molecule has 0 atom stereocenters. The Morgan fingerprint density at radius 2 is 1.73 bits per heavy atom. The van der Waals surface area contributed by atoms with Crippen molar-refractivity contribution in [3.05, 3.63) is 82.2 Å². The number of anilines is 2. The largest absolute Gasteiger partial charge is 0.465 e. The van der Waals surface area contributed by atoms with Gasteiger partial charge in [0.25, 0.3) is 5.56 Å². The predicted molar refractivity (Wildman–Crippen MR) is 155 cm³/mol. The van der Waals surface area contributed by atoms with Crippen LogP contribution in [0.3, 0.4) is 0 Å². The lowest BCUT2D eigenvalue weighted by Crippen LogP contribution is -2.48. The first-order valence-electron chi connectivity index (χ1n) is 13.2. The molecular weight excluding hydrogens is 602 g/mol. The highest BCUT2D eigenvalue weighted by Crippen LogP contribution is 2.26. The summed E-state index contributed by atoms with van der Waals surface area (Å²) in [4.78, 5) is 53.8.